The SMILES string of the molecule is COc1ccc(CN2C(=O)COc3ccc(N4CC(CCOS(C)(=O)=O)OC4=O)nc32)cc1. The summed E-state index contributed by atoms with van der Waals surface area (Å²) in [4.78, 5) is 32.3. The van der Waals surface area contributed by atoms with Gasteiger partial charge in [0.05, 0.1) is 33.1 Å². The Balaban J connectivity index is 1.51. The molecule has 1 fully saturated rings. The molecule has 2 aromatic rings. The van der Waals surface area contributed by atoms with Gasteiger partial charge in [0.1, 0.15) is 17.7 Å². The van der Waals surface area contributed by atoms with E-state index < -0.39 is 22.3 Å². The number of benzene rings is 1. The van der Waals surface area contributed by atoms with E-state index in [1.807, 2.05) is 12.1 Å². The van der Waals surface area contributed by atoms with Gasteiger partial charge >= 0.3 is 6.09 Å². The van der Waals surface area contributed by atoms with Crippen LogP contribution in [0.5, 0.6) is 11.5 Å². The first-order valence-corrected chi connectivity index (χ1v) is 11.9. The molecule has 0 spiro atoms. The second-order valence-corrected chi connectivity index (χ2v) is 9.18. The van der Waals surface area contributed by atoms with Gasteiger partial charge in [-0.15, -0.1) is 0 Å². The lowest BCUT2D eigenvalue weighted by Crippen LogP contribution is -2.39. The zero-order chi connectivity index (χ0) is 23.6. The summed E-state index contributed by atoms with van der Waals surface area (Å²) in [5, 5.41) is 0. The van der Waals surface area contributed by atoms with Gasteiger partial charge in [0.15, 0.2) is 18.2 Å². The number of aromatic nitrogens is 1. The van der Waals surface area contributed by atoms with Gasteiger partial charge < -0.3 is 14.2 Å². The van der Waals surface area contributed by atoms with E-state index in [1.165, 1.54) is 9.80 Å². The largest absolute Gasteiger partial charge is 0.497 e. The van der Waals surface area contributed by atoms with Crippen LogP contribution in [0, 0.1) is 0 Å². The Hall–Kier alpha value is -3.38. The van der Waals surface area contributed by atoms with E-state index in [2.05, 4.69) is 4.98 Å². The Morgan fingerprint density at radius 1 is 1.15 bits per heavy atom. The van der Waals surface area contributed by atoms with Crippen molar-refractivity contribution < 1.29 is 36.4 Å². The molecule has 1 saturated heterocycles. The Kier molecular flexibility index (Phi) is 6.38. The van der Waals surface area contributed by atoms with Gasteiger partial charge in [-0.05, 0) is 29.8 Å². The van der Waals surface area contributed by atoms with Crippen LogP contribution < -0.4 is 19.3 Å². The number of anilines is 2. The number of rotatable bonds is 8. The topological polar surface area (TPSA) is 125 Å². The predicted octanol–water partition coefficient (Wildman–Crippen LogP) is 1.71. The van der Waals surface area contributed by atoms with Crippen molar-refractivity contribution >= 4 is 33.8 Å². The van der Waals surface area contributed by atoms with E-state index in [9.17, 15) is 18.0 Å². The van der Waals surface area contributed by atoms with E-state index in [1.54, 1.807) is 31.4 Å². The summed E-state index contributed by atoms with van der Waals surface area (Å²) in [7, 11) is -1.99. The molecule has 4 rings (SSSR count). The lowest BCUT2D eigenvalue weighted by atomic mass is 10.2. The van der Waals surface area contributed by atoms with Crippen LogP contribution >= 0.6 is 0 Å². The fourth-order valence-corrected chi connectivity index (χ4v) is 3.88. The van der Waals surface area contributed by atoms with Crippen LogP contribution in [0.1, 0.15) is 12.0 Å². The molecule has 33 heavy (non-hydrogen) atoms. The molecule has 2 aliphatic rings. The third-order valence-electron chi connectivity index (χ3n) is 5.12. The van der Waals surface area contributed by atoms with E-state index in [0.29, 0.717) is 23.1 Å². The Morgan fingerprint density at radius 3 is 2.61 bits per heavy atom. The number of cyclic esters (lactones) is 1. The van der Waals surface area contributed by atoms with Crippen molar-refractivity contribution in [3.8, 4) is 11.5 Å². The fraction of sp³-hybridized carbons (Fsp3) is 0.381. The first-order valence-electron chi connectivity index (χ1n) is 10.1. The number of carbonyl (C=O) groups excluding carboxylic acids is 2. The lowest BCUT2D eigenvalue weighted by molar-refractivity contribution is -0.121. The third-order valence-corrected chi connectivity index (χ3v) is 5.71. The zero-order valence-corrected chi connectivity index (χ0v) is 18.9. The molecule has 0 aliphatic carbocycles. The third kappa shape index (κ3) is 5.34. The van der Waals surface area contributed by atoms with Crippen LogP contribution in [0.15, 0.2) is 36.4 Å². The number of ether oxygens (including phenoxy) is 3. The van der Waals surface area contributed by atoms with Crippen LogP contribution in [0.3, 0.4) is 0 Å². The highest BCUT2D eigenvalue weighted by Crippen LogP contribution is 2.34. The smallest absolute Gasteiger partial charge is 0.415 e. The van der Waals surface area contributed by atoms with Crippen molar-refractivity contribution in [2.24, 2.45) is 0 Å². The maximum Gasteiger partial charge on any atom is 0.415 e. The molecule has 1 aromatic carbocycles. The second kappa shape index (κ2) is 9.24. The highest BCUT2D eigenvalue weighted by molar-refractivity contribution is 7.85. The molecular formula is C21H23N3O8S. The van der Waals surface area contributed by atoms with Crippen molar-refractivity contribution in [1.29, 1.82) is 0 Å². The molecule has 11 nitrogen and oxygen atoms in total. The average Bonchev–Trinajstić information content (AvgIpc) is 3.15. The monoisotopic (exact) mass is 477 g/mol. The van der Waals surface area contributed by atoms with Crippen molar-refractivity contribution in [2.75, 3.05) is 42.9 Å². The van der Waals surface area contributed by atoms with Gasteiger partial charge in [-0.25, -0.2) is 9.78 Å². The normalized spacial score (nSPS) is 18.1. The lowest BCUT2D eigenvalue weighted by Gasteiger charge is -2.29. The van der Waals surface area contributed by atoms with Gasteiger partial charge in [0.2, 0.25) is 0 Å². The number of methoxy groups -OCH3 is 1. The Morgan fingerprint density at radius 2 is 1.91 bits per heavy atom. The zero-order valence-electron chi connectivity index (χ0n) is 18.1. The summed E-state index contributed by atoms with van der Waals surface area (Å²) in [6.07, 6.45) is 0.00525. The number of amides is 2. The molecule has 1 unspecified atom stereocenters. The molecule has 176 valence electrons. The summed E-state index contributed by atoms with van der Waals surface area (Å²) in [6.45, 7) is 0.231. The van der Waals surface area contributed by atoms with Crippen LogP contribution in [0.2, 0.25) is 0 Å². The predicted molar refractivity (Wildman–Crippen MR) is 117 cm³/mol. The van der Waals surface area contributed by atoms with Crippen molar-refractivity contribution in [2.45, 2.75) is 19.1 Å². The number of nitrogens with zero attached hydrogens (tertiary/aromatic N) is 3. The maximum atomic E-state index is 12.6. The van der Waals surface area contributed by atoms with Crippen LogP contribution in [0.25, 0.3) is 0 Å². The van der Waals surface area contributed by atoms with E-state index in [-0.39, 0.29) is 38.6 Å². The molecule has 12 heteroatoms. The minimum Gasteiger partial charge on any atom is -0.497 e. The minimum atomic E-state index is -3.57. The number of carbonyl (C=O) groups is 2. The summed E-state index contributed by atoms with van der Waals surface area (Å²) in [5.74, 6) is 1.47. The van der Waals surface area contributed by atoms with Crippen LogP contribution in [-0.4, -0.2) is 64.6 Å². The van der Waals surface area contributed by atoms with E-state index >= 15 is 0 Å². The highest BCUT2D eigenvalue weighted by atomic mass is 32.2. The van der Waals surface area contributed by atoms with Crippen molar-refractivity contribution in [1.82, 2.24) is 4.98 Å². The standard InChI is InChI=1S/C21H23N3O8S/c1-29-15-5-3-14(4-6-15)11-24-19(25)13-30-17-7-8-18(22-20(17)24)23-12-16(32-21(23)26)9-10-31-33(2,27)28/h3-8,16H,9-13H2,1-2H3. The molecule has 3 heterocycles. The molecular weight excluding hydrogens is 454 g/mol. The van der Waals surface area contributed by atoms with Gasteiger partial charge in [0.25, 0.3) is 16.0 Å². The van der Waals surface area contributed by atoms with Crippen molar-refractivity contribution in [3.63, 3.8) is 0 Å². The number of hydrogen-bond acceptors (Lipinski definition) is 9. The number of fused-ring (bicyclic) bond motifs is 1. The molecule has 1 aromatic heterocycles. The Labute approximate surface area is 190 Å². The average molecular weight is 477 g/mol. The van der Waals surface area contributed by atoms with Gasteiger partial charge in [0, 0.05) is 6.42 Å². The first-order chi connectivity index (χ1) is 15.7. The quantitative estimate of drug-likeness (QED) is 0.523. The second-order valence-electron chi connectivity index (χ2n) is 7.54. The van der Waals surface area contributed by atoms with Crippen LogP contribution in [0.4, 0.5) is 16.4 Å². The number of pyridine rings is 1. The van der Waals surface area contributed by atoms with E-state index in [4.69, 9.17) is 18.4 Å². The van der Waals surface area contributed by atoms with Gasteiger partial charge in [-0.3, -0.25) is 18.8 Å². The summed E-state index contributed by atoms with van der Waals surface area (Å²) < 4.78 is 42.9. The van der Waals surface area contributed by atoms with E-state index in [0.717, 1.165) is 11.8 Å². The molecule has 0 N–H and O–H groups in total. The fourth-order valence-electron chi connectivity index (χ4n) is 3.48. The molecule has 0 radical (unpaired) electrons. The summed E-state index contributed by atoms with van der Waals surface area (Å²) >= 11 is 0. The molecule has 1 atom stereocenters. The van der Waals surface area contributed by atoms with Crippen LogP contribution in [-0.2, 0) is 30.4 Å². The minimum absolute atomic E-state index is 0.0970. The Bertz CT molecular complexity index is 1150. The molecule has 0 bridgehead atoms. The van der Waals surface area contributed by atoms with Gasteiger partial charge in [-0.1, -0.05) is 12.1 Å². The van der Waals surface area contributed by atoms with Crippen molar-refractivity contribution in [3.05, 3.63) is 42.0 Å². The van der Waals surface area contributed by atoms with Gasteiger partial charge in [-0.2, -0.15) is 8.42 Å². The first kappa shape index (κ1) is 22.8. The summed E-state index contributed by atoms with van der Waals surface area (Å²) in [5.41, 5.74) is 0.871. The molecule has 2 aliphatic heterocycles. The summed E-state index contributed by atoms with van der Waals surface area (Å²) in [6, 6.07) is 10.6. The highest BCUT2D eigenvalue weighted by Gasteiger charge is 2.35. The molecule has 0 saturated carbocycles. The number of hydrogen-bond donors (Lipinski definition) is 0. The maximum absolute atomic E-state index is 12.6. The molecule has 2 amide bonds.